The number of hydrogen-bond acceptors (Lipinski definition) is 4. The maximum Gasteiger partial charge on any atom is 0.272 e. The van der Waals surface area contributed by atoms with Crippen molar-refractivity contribution in [3.05, 3.63) is 72.2 Å². The Morgan fingerprint density at radius 1 is 1.43 bits per heavy atom. The number of anilines is 1. The van der Waals surface area contributed by atoms with Crippen molar-refractivity contribution in [3.8, 4) is 0 Å². The summed E-state index contributed by atoms with van der Waals surface area (Å²) in [6, 6.07) is 2.89. The zero-order valence-electron chi connectivity index (χ0n) is 17.7. The Labute approximate surface area is 176 Å². The first-order chi connectivity index (χ1) is 14.3. The summed E-state index contributed by atoms with van der Waals surface area (Å²) in [4.78, 5) is 22.3. The highest BCUT2D eigenvalue weighted by Gasteiger charge is 2.25. The average Bonchev–Trinajstić information content (AvgIpc) is 2.73. The van der Waals surface area contributed by atoms with Crippen molar-refractivity contribution in [2.24, 2.45) is 4.99 Å². The fourth-order valence-electron chi connectivity index (χ4n) is 2.96. The zero-order chi connectivity index (χ0) is 22.1. The molecule has 0 saturated carbocycles. The number of amides is 1. The van der Waals surface area contributed by atoms with Crippen LogP contribution in [-0.2, 0) is 10.7 Å². The van der Waals surface area contributed by atoms with Crippen LogP contribution in [-0.4, -0.2) is 34.6 Å². The maximum absolute atomic E-state index is 13.5. The van der Waals surface area contributed by atoms with E-state index in [4.69, 9.17) is 0 Å². The van der Waals surface area contributed by atoms with Gasteiger partial charge >= 0.3 is 0 Å². The van der Waals surface area contributed by atoms with E-state index in [0.717, 1.165) is 30.3 Å². The fraction of sp³-hybridized carbons (Fsp3) is 0.348. The molecule has 1 aromatic rings. The van der Waals surface area contributed by atoms with Gasteiger partial charge in [0.25, 0.3) is 5.92 Å². The molecule has 1 amide bonds. The number of carbonyl (C=O) groups excluding carboxylic acids is 1. The third kappa shape index (κ3) is 6.20. The predicted octanol–water partition coefficient (Wildman–Crippen LogP) is 5.22. The molecule has 7 heteroatoms. The number of alkyl halides is 2. The van der Waals surface area contributed by atoms with Crippen LogP contribution >= 0.6 is 0 Å². The summed E-state index contributed by atoms with van der Waals surface area (Å²) < 4.78 is 26.9. The standard InChI is InChI=1S/C23H28F2N4O/c1-5-8-19(28-20-10-9-18(16-27-20)23(4,24)25)22(26-13-6-2)17-11-14-29(15-12-17)21(30)7-3/h6-11,13,16H,3,5,12,14-15H2,1-2,4H3,(H,27,28)/b13-6-,19-8-,26-22+. The van der Waals surface area contributed by atoms with E-state index in [9.17, 15) is 13.6 Å². The molecule has 1 N–H and O–H groups in total. The smallest absolute Gasteiger partial charge is 0.272 e. The molecular formula is C23H28F2N4O. The van der Waals surface area contributed by atoms with Gasteiger partial charge in [-0.05, 0) is 43.5 Å². The van der Waals surface area contributed by atoms with Gasteiger partial charge in [-0.1, -0.05) is 31.7 Å². The van der Waals surface area contributed by atoms with Gasteiger partial charge in [0.2, 0.25) is 5.91 Å². The molecule has 0 spiro atoms. The van der Waals surface area contributed by atoms with E-state index < -0.39 is 5.92 Å². The molecule has 1 aromatic heterocycles. The van der Waals surface area contributed by atoms with Crippen molar-refractivity contribution in [2.75, 3.05) is 18.4 Å². The van der Waals surface area contributed by atoms with Gasteiger partial charge in [0.15, 0.2) is 0 Å². The van der Waals surface area contributed by atoms with Gasteiger partial charge in [0, 0.05) is 38.0 Å². The minimum absolute atomic E-state index is 0.100. The number of nitrogens with zero attached hydrogens (tertiary/aromatic N) is 3. The Kier molecular flexibility index (Phi) is 8.21. The molecule has 30 heavy (non-hydrogen) atoms. The Morgan fingerprint density at radius 2 is 2.20 bits per heavy atom. The Morgan fingerprint density at radius 3 is 2.70 bits per heavy atom. The number of aromatic nitrogens is 1. The second kappa shape index (κ2) is 10.6. The molecule has 0 fully saturated rings. The summed E-state index contributed by atoms with van der Waals surface area (Å²) in [5.74, 6) is -2.58. The lowest BCUT2D eigenvalue weighted by Gasteiger charge is -2.26. The first-order valence-electron chi connectivity index (χ1n) is 9.91. The van der Waals surface area contributed by atoms with Crippen LogP contribution in [0.25, 0.3) is 0 Å². The van der Waals surface area contributed by atoms with Crippen molar-refractivity contribution in [2.45, 2.75) is 39.5 Å². The van der Waals surface area contributed by atoms with Gasteiger partial charge in [-0.2, -0.15) is 0 Å². The lowest BCUT2D eigenvalue weighted by Crippen LogP contribution is -2.35. The molecule has 0 bridgehead atoms. The molecule has 0 unspecified atom stereocenters. The molecule has 0 radical (unpaired) electrons. The number of halogens is 2. The Hall–Kier alpha value is -3.09. The van der Waals surface area contributed by atoms with E-state index in [1.165, 1.54) is 24.4 Å². The molecule has 160 valence electrons. The molecular weight excluding hydrogens is 386 g/mol. The van der Waals surface area contributed by atoms with Crippen LogP contribution in [0.1, 0.15) is 39.2 Å². The van der Waals surface area contributed by atoms with Gasteiger partial charge in [-0.25, -0.2) is 13.8 Å². The van der Waals surface area contributed by atoms with Crippen molar-refractivity contribution >= 4 is 17.4 Å². The van der Waals surface area contributed by atoms with Crippen LogP contribution in [0.2, 0.25) is 0 Å². The summed E-state index contributed by atoms with van der Waals surface area (Å²) in [6.07, 6.45) is 11.4. The third-order valence-electron chi connectivity index (χ3n) is 4.55. The second-order valence-corrected chi connectivity index (χ2v) is 6.90. The third-order valence-corrected chi connectivity index (χ3v) is 4.55. The monoisotopic (exact) mass is 414 g/mol. The lowest BCUT2D eigenvalue weighted by atomic mass is 9.99. The molecule has 1 aliphatic heterocycles. The number of allylic oxidation sites excluding steroid dienone is 3. The number of nitrogens with one attached hydrogen (secondary N) is 1. The Balaban J connectivity index is 2.31. The van der Waals surface area contributed by atoms with Crippen molar-refractivity contribution in [3.63, 3.8) is 0 Å². The first-order valence-corrected chi connectivity index (χ1v) is 9.91. The van der Waals surface area contributed by atoms with Crippen LogP contribution in [0.5, 0.6) is 0 Å². The normalized spacial score (nSPS) is 15.9. The molecule has 0 aliphatic carbocycles. The molecule has 2 heterocycles. The van der Waals surface area contributed by atoms with Crippen LogP contribution in [0.3, 0.4) is 0 Å². The minimum atomic E-state index is -2.94. The van der Waals surface area contributed by atoms with Crippen LogP contribution < -0.4 is 5.32 Å². The summed E-state index contributed by atoms with van der Waals surface area (Å²) in [6.45, 7) is 9.31. The SMILES string of the molecule is C=CC(=O)N1CC=C(C(=N\C=C/C)/C(=C/CC)Nc2ccc(C(C)(F)F)cn2)CC1. The molecule has 0 saturated heterocycles. The second-order valence-electron chi connectivity index (χ2n) is 6.90. The van der Waals surface area contributed by atoms with E-state index >= 15 is 0 Å². The van der Waals surface area contributed by atoms with Gasteiger partial charge < -0.3 is 10.2 Å². The van der Waals surface area contributed by atoms with Crippen molar-refractivity contribution in [1.29, 1.82) is 0 Å². The molecule has 0 aromatic carbocycles. The summed E-state index contributed by atoms with van der Waals surface area (Å²) in [5, 5.41) is 3.21. The van der Waals surface area contributed by atoms with E-state index in [1.807, 2.05) is 32.1 Å². The molecule has 5 nitrogen and oxygen atoms in total. The van der Waals surface area contributed by atoms with Gasteiger partial charge in [-0.15, -0.1) is 0 Å². The van der Waals surface area contributed by atoms with Crippen LogP contribution in [0, 0.1) is 0 Å². The van der Waals surface area contributed by atoms with E-state index in [-0.39, 0.29) is 11.5 Å². The van der Waals surface area contributed by atoms with Gasteiger partial charge in [0.05, 0.1) is 11.4 Å². The first kappa shape index (κ1) is 23.2. The highest BCUT2D eigenvalue weighted by molar-refractivity contribution is 6.14. The van der Waals surface area contributed by atoms with E-state index in [1.54, 1.807) is 11.1 Å². The van der Waals surface area contributed by atoms with Crippen LogP contribution in [0.15, 0.2) is 71.7 Å². The number of hydrogen-bond donors (Lipinski definition) is 1. The van der Waals surface area contributed by atoms with Gasteiger partial charge in [0.1, 0.15) is 5.82 Å². The maximum atomic E-state index is 13.5. The minimum Gasteiger partial charge on any atom is -0.339 e. The zero-order valence-corrected chi connectivity index (χ0v) is 17.7. The molecule has 2 rings (SSSR count). The number of aliphatic imine (C=N–C) groups is 1. The fourth-order valence-corrected chi connectivity index (χ4v) is 2.96. The van der Waals surface area contributed by atoms with Crippen molar-refractivity contribution < 1.29 is 13.6 Å². The van der Waals surface area contributed by atoms with Gasteiger partial charge in [-0.3, -0.25) is 9.79 Å². The highest BCUT2D eigenvalue weighted by Crippen LogP contribution is 2.27. The largest absolute Gasteiger partial charge is 0.339 e. The molecule has 1 aliphatic rings. The highest BCUT2D eigenvalue weighted by atomic mass is 19.3. The average molecular weight is 415 g/mol. The van der Waals surface area contributed by atoms with E-state index in [0.29, 0.717) is 25.3 Å². The number of carbonyl (C=O) groups is 1. The van der Waals surface area contributed by atoms with E-state index in [2.05, 4.69) is 21.9 Å². The molecule has 0 atom stereocenters. The summed E-state index contributed by atoms with van der Waals surface area (Å²) in [7, 11) is 0. The Bertz CT molecular complexity index is 877. The van der Waals surface area contributed by atoms with Crippen LogP contribution in [0.4, 0.5) is 14.6 Å². The predicted molar refractivity (Wildman–Crippen MR) is 118 cm³/mol. The quantitative estimate of drug-likeness (QED) is 0.469. The topological polar surface area (TPSA) is 57.6 Å². The van der Waals surface area contributed by atoms with Crippen molar-refractivity contribution in [1.82, 2.24) is 9.88 Å². The number of rotatable bonds is 8. The summed E-state index contributed by atoms with van der Waals surface area (Å²) in [5.41, 5.74) is 2.35. The number of pyridine rings is 1. The lowest BCUT2D eigenvalue weighted by molar-refractivity contribution is -0.125. The summed E-state index contributed by atoms with van der Waals surface area (Å²) >= 11 is 0.